The number of nitrogens with one attached hydrogen (secondary N) is 1. The molecule has 0 saturated carbocycles. The number of hydrogen-bond acceptors (Lipinski definition) is 1. The van der Waals surface area contributed by atoms with Crippen molar-refractivity contribution >= 4 is 0 Å². The first-order valence-corrected chi connectivity index (χ1v) is 4.43. The van der Waals surface area contributed by atoms with Crippen LogP contribution in [0.3, 0.4) is 0 Å². The number of aryl methyl sites for hydroxylation is 1. The number of halogens is 1. The molecular weight excluding hydrogens is 165 g/mol. The molecule has 1 aromatic carbocycles. The van der Waals surface area contributed by atoms with Gasteiger partial charge in [-0.15, -0.1) is 0 Å². The molecule has 0 spiro atoms. The summed E-state index contributed by atoms with van der Waals surface area (Å²) < 4.78 is 12.8. The lowest BCUT2D eigenvalue weighted by Crippen LogP contribution is -2.33. The molecule has 1 rings (SSSR count). The maximum atomic E-state index is 12.8. The van der Waals surface area contributed by atoms with Crippen LogP contribution in [0.15, 0.2) is 18.2 Å². The molecule has 13 heavy (non-hydrogen) atoms. The predicted octanol–water partition coefficient (Wildman–Crippen LogP) is 2.59. The van der Waals surface area contributed by atoms with E-state index >= 15 is 0 Å². The van der Waals surface area contributed by atoms with Crippen LogP contribution in [0.5, 0.6) is 0 Å². The van der Waals surface area contributed by atoms with Gasteiger partial charge in [-0.1, -0.05) is 6.07 Å². The molecule has 1 nitrogen and oxygen atoms in total. The third kappa shape index (κ3) is 2.07. The molecule has 0 aromatic heterocycles. The Morgan fingerprint density at radius 2 is 1.92 bits per heavy atom. The Kier molecular flexibility index (Phi) is 2.71. The molecule has 0 aliphatic heterocycles. The molecular formula is C11H16FN. The normalized spacial score (nSPS) is 11.8. The molecule has 0 fully saturated rings. The number of rotatable bonds is 2. The van der Waals surface area contributed by atoms with Gasteiger partial charge in [-0.25, -0.2) is 4.39 Å². The summed E-state index contributed by atoms with van der Waals surface area (Å²) in [4.78, 5) is 0. The maximum Gasteiger partial charge on any atom is 0.123 e. The summed E-state index contributed by atoms with van der Waals surface area (Å²) in [6.45, 7) is 6.08. The minimum absolute atomic E-state index is 0.0994. The van der Waals surface area contributed by atoms with E-state index in [9.17, 15) is 4.39 Å². The van der Waals surface area contributed by atoms with E-state index in [1.807, 2.05) is 20.0 Å². The molecule has 0 aliphatic rings. The highest BCUT2D eigenvalue weighted by Gasteiger charge is 2.19. The Hall–Kier alpha value is -0.890. The molecule has 0 heterocycles. The monoisotopic (exact) mass is 181 g/mol. The van der Waals surface area contributed by atoms with Gasteiger partial charge in [0, 0.05) is 5.54 Å². The Bertz CT molecular complexity index is 305. The summed E-state index contributed by atoms with van der Waals surface area (Å²) in [5, 5.41) is 3.20. The van der Waals surface area contributed by atoms with E-state index in [0.29, 0.717) is 0 Å². The molecule has 1 N–H and O–H groups in total. The lowest BCUT2D eigenvalue weighted by molar-refractivity contribution is 0.441. The molecule has 0 aliphatic carbocycles. The highest BCUT2D eigenvalue weighted by Crippen LogP contribution is 2.23. The Balaban J connectivity index is 3.16. The van der Waals surface area contributed by atoms with Crippen LogP contribution in [0.1, 0.15) is 25.0 Å². The molecule has 0 unspecified atom stereocenters. The smallest absolute Gasteiger partial charge is 0.123 e. The van der Waals surface area contributed by atoms with Crippen LogP contribution in [-0.4, -0.2) is 7.05 Å². The first-order chi connectivity index (χ1) is 5.97. The molecule has 0 radical (unpaired) electrons. The van der Waals surface area contributed by atoms with Crippen LogP contribution in [-0.2, 0) is 5.54 Å². The molecule has 0 bridgehead atoms. The van der Waals surface area contributed by atoms with E-state index in [2.05, 4.69) is 19.2 Å². The fourth-order valence-electron chi connectivity index (χ4n) is 1.46. The van der Waals surface area contributed by atoms with Crippen molar-refractivity contribution in [1.82, 2.24) is 5.32 Å². The van der Waals surface area contributed by atoms with Gasteiger partial charge >= 0.3 is 0 Å². The maximum absolute atomic E-state index is 12.8. The largest absolute Gasteiger partial charge is 0.311 e. The van der Waals surface area contributed by atoms with Gasteiger partial charge < -0.3 is 5.32 Å². The van der Waals surface area contributed by atoms with E-state index in [-0.39, 0.29) is 11.4 Å². The summed E-state index contributed by atoms with van der Waals surface area (Å²) in [7, 11) is 1.91. The van der Waals surface area contributed by atoms with Gasteiger partial charge in [0.1, 0.15) is 5.82 Å². The second-order valence-electron chi connectivity index (χ2n) is 3.83. The van der Waals surface area contributed by atoms with Crippen LogP contribution < -0.4 is 5.32 Å². The second-order valence-corrected chi connectivity index (χ2v) is 3.83. The zero-order chi connectivity index (χ0) is 10.1. The standard InChI is InChI=1S/C11H16FN/c1-8-7-9(12)5-6-10(8)11(2,3)13-4/h5-7,13H,1-4H3. The Labute approximate surface area is 79.0 Å². The highest BCUT2D eigenvalue weighted by atomic mass is 19.1. The minimum atomic E-state index is -0.173. The quantitative estimate of drug-likeness (QED) is 0.739. The van der Waals surface area contributed by atoms with Crippen molar-refractivity contribution in [2.45, 2.75) is 26.3 Å². The Morgan fingerprint density at radius 1 is 1.31 bits per heavy atom. The van der Waals surface area contributed by atoms with Crippen molar-refractivity contribution in [3.05, 3.63) is 35.1 Å². The van der Waals surface area contributed by atoms with Crippen molar-refractivity contribution in [1.29, 1.82) is 0 Å². The average Bonchev–Trinajstić information content (AvgIpc) is 2.03. The van der Waals surface area contributed by atoms with Gasteiger partial charge in [0.05, 0.1) is 0 Å². The summed E-state index contributed by atoms with van der Waals surface area (Å²) in [5.41, 5.74) is 2.02. The van der Waals surface area contributed by atoms with Crippen molar-refractivity contribution in [3.8, 4) is 0 Å². The highest BCUT2D eigenvalue weighted by molar-refractivity contribution is 5.32. The molecule has 0 saturated heterocycles. The van der Waals surface area contributed by atoms with Gasteiger partial charge in [-0.3, -0.25) is 0 Å². The zero-order valence-electron chi connectivity index (χ0n) is 8.61. The minimum Gasteiger partial charge on any atom is -0.311 e. The SMILES string of the molecule is CNC(C)(C)c1ccc(F)cc1C. The third-order valence-electron chi connectivity index (χ3n) is 2.49. The van der Waals surface area contributed by atoms with Gasteiger partial charge in [0.25, 0.3) is 0 Å². The average molecular weight is 181 g/mol. The fraction of sp³-hybridized carbons (Fsp3) is 0.455. The van der Waals surface area contributed by atoms with Crippen molar-refractivity contribution in [3.63, 3.8) is 0 Å². The van der Waals surface area contributed by atoms with Crippen LogP contribution in [0.2, 0.25) is 0 Å². The Morgan fingerprint density at radius 3 is 2.38 bits per heavy atom. The molecule has 2 heteroatoms. The molecule has 0 amide bonds. The first-order valence-electron chi connectivity index (χ1n) is 4.43. The topological polar surface area (TPSA) is 12.0 Å². The van der Waals surface area contributed by atoms with Crippen LogP contribution in [0.25, 0.3) is 0 Å². The predicted molar refractivity (Wildman–Crippen MR) is 53.2 cm³/mol. The van der Waals surface area contributed by atoms with Crippen molar-refractivity contribution < 1.29 is 4.39 Å². The van der Waals surface area contributed by atoms with Crippen LogP contribution in [0.4, 0.5) is 4.39 Å². The summed E-state index contributed by atoms with van der Waals surface area (Å²) >= 11 is 0. The van der Waals surface area contributed by atoms with Crippen LogP contribution >= 0.6 is 0 Å². The van der Waals surface area contributed by atoms with Crippen molar-refractivity contribution in [2.75, 3.05) is 7.05 Å². The summed E-state index contributed by atoms with van der Waals surface area (Å²) in [5.74, 6) is -0.173. The zero-order valence-corrected chi connectivity index (χ0v) is 8.61. The fourth-order valence-corrected chi connectivity index (χ4v) is 1.46. The first kappa shape index (κ1) is 10.2. The third-order valence-corrected chi connectivity index (χ3v) is 2.49. The molecule has 0 atom stereocenters. The summed E-state index contributed by atoms with van der Waals surface area (Å²) in [6.07, 6.45) is 0. The summed E-state index contributed by atoms with van der Waals surface area (Å²) in [6, 6.07) is 4.90. The second kappa shape index (κ2) is 3.46. The van der Waals surface area contributed by atoms with E-state index in [0.717, 1.165) is 11.1 Å². The van der Waals surface area contributed by atoms with E-state index in [1.165, 1.54) is 6.07 Å². The molecule has 72 valence electrons. The van der Waals surface area contributed by atoms with Gasteiger partial charge in [-0.05, 0) is 51.1 Å². The van der Waals surface area contributed by atoms with Gasteiger partial charge in [0.2, 0.25) is 0 Å². The number of hydrogen-bond donors (Lipinski definition) is 1. The van der Waals surface area contributed by atoms with E-state index < -0.39 is 0 Å². The molecule has 1 aromatic rings. The lowest BCUT2D eigenvalue weighted by Gasteiger charge is -2.26. The lowest BCUT2D eigenvalue weighted by atomic mass is 9.91. The number of benzene rings is 1. The van der Waals surface area contributed by atoms with E-state index in [4.69, 9.17) is 0 Å². The van der Waals surface area contributed by atoms with Gasteiger partial charge in [0.15, 0.2) is 0 Å². The van der Waals surface area contributed by atoms with Crippen LogP contribution in [0, 0.1) is 12.7 Å². The van der Waals surface area contributed by atoms with Crippen molar-refractivity contribution in [2.24, 2.45) is 0 Å². The van der Waals surface area contributed by atoms with Gasteiger partial charge in [-0.2, -0.15) is 0 Å². The van der Waals surface area contributed by atoms with E-state index in [1.54, 1.807) is 6.07 Å².